The van der Waals surface area contributed by atoms with Gasteiger partial charge in [0.05, 0.1) is 4.47 Å². The van der Waals surface area contributed by atoms with E-state index in [2.05, 4.69) is 21.2 Å². The second kappa shape index (κ2) is 5.27. The number of nitrogens with one attached hydrogen (secondary N) is 1. The van der Waals surface area contributed by atoms with Gasteiger partial charge < -0.3 is 5.32 Å². The zero-order valence-electron chi connectivity index (χ0n) is 8.88. The first kappa shape index (κ1) is 12.0. The van der Waals surface area contributed by atoms with Gasteiger partial charge in [0.2, 0.25) is 0 Å². The molecule has 0 radical (unpaired) electrons. The SMILES string of the molecule is Fc1cccc(NCc2ccc(Br)c(F)c2)c1. The minimum Gasteiger partial charge on any atom is -0.381 e. The van der Waals surface area contributed by atoms with Crippen molar-refractivity contribution >= 4 is 21.6 Å². The van der Waals surface area contributed by atoms with Crippen LogP contribution in [-0.4, -0.2) is 0 Å². The predicted molar refractivity (Wildman–Crippen MR) is 67.8 cm³/mol. The molecule has 0 aliphatic carbocycles. The van der Waals surface area contributed by atoms with Gasteiger partial charge in [0, 0.05) is 12.2 Å². The van der Waals surface area contributed by atoms with Gasteiger partial charge in [-0.3, -0.25) is 0 Å². The third-order valence-corrected chi connectivity index (χ3v) is 2.95. The molecule has 0 spiro atoms. The fraction of sp³-hybridized carbons (Fsp3) is 0.0769. The van der Waals surface area contributed by atoms with E-state index in [1.165, 1.54) is 18.2 Å². The summed E-state index contributed by atoms with van der Waals surface area (Å²) in [7, 11) is 0. The minimum atomic E-state index is -0.302. The second-order valence-electron chi connectivity index (χ2n) is 3.61. The van der Waals surface area contributed by atoms with E-state index >= 15 is 0 Å². The molecule has 0 saturated heterocycles. The van der Waals surface area contributed by atoms with Crippen LogP contribution in [0.2, 0.25) is 0 Å². The molecule has 17 heavy (non-hydrogen) atoms. The van der Waals surface area contributed by atoms with Crippen molar-refractivity contribution in [3.05, 3.63) is 64.1 Å². The van der Waals surface area contributed by atoms with Gasteiger partial charge in [-0.15, -0.1) is 0 Å². The Labute approximate surface area is 107 Å². The zero-order chi connectivity index (χ0) is 12.3. The average molecular weight is 298 g/mol. The van der Waals surface area contributed by atoms with Crippen molar-refractivity contribution in [2.24, 2.45) is 0 Å². The lowest BCUT2D eigenvalue weighted by Gasteiger charge is -2.07. The minimum absolute atomic E-state index is 0.294. The average Bonchev–Trinajstić information content (AvgIpc) is 2.31. The highest BCUT2D eigenvalue weighted by atomic mass is 79.9. The fourth-order valence-electron chi connectivity index (χ4n) is 1.45. The summed E-state index contributed by atoms with van der Waals surface area (Å²) in [6, 6.07) is 11.1. The summed E-state index contributed by atoms with van der Waals surface area (Å²) in [6.07, 6.45) is 0. The number of rotatable bonds is 3. The fourth-order valence-corrected chi connectivity index (χ4v) is 1.70. The first-order chi connectivity index (χ1) is 8.15. The molecule has 2 rings (SSSR count). The van der Waals surface area contributed by atoms with Crippen LogP contribution in [0.1, 0.15) is 5.56 Å². The van der Waals surface area contributed by atoms with E-state index < -0.39 is 0 Å². The van der Waals surface area contributed by atoms with Gasteiger partial charge in [-0.1, -0.05) is 12.1 Å². The highest BCUT2D eigenvalue weighted by Gasteiger charge is 2.01. The molecule has 0 heterocycles. The maximum absolute atomic E-state index is 13.2. The normalized spacial score (nSPS) is 10.3. The lowest BCUT2D eigenvalue weighted by Crippen LogP contribution is -2.00. The number of halogens is 3. The predicted octanol–water partition coefficient (Wildman–Crippen LogP) is 4.34. The monoisotopic (exact) mass is 297 g/mol. The third kappa shape index (κ3) is 3.27. The lowest BCUT2D eigenvalue weighted by molar-refractivity contribution is 0.619. The summed E-state index contributed by atoms with van der Waals surface area (Å²) in [5.74, 6) is -0.597. The molecule has 0 aliphatic heterocycles. The molecular weight excluding hydrogens is 288 g/mol. The van der Waals surface area contributed by atoms with Gasteiger partial charge in [0.1, 0.15) is 11.6 Å². The van der Waals surface area contributed by atoms with Crippen molar-refractivity contribution in [2.75, 3.05) is 5.32 Å². The molecule has 0 unspecified atom stereocenters. The van der Waals surface area contributed by atoms with E-state index in [0.717, 1.165) is 5.56 Å². The molecule has 1 nitrogen and oxygen atoms in total. The highest BCUT2D eigenvalue weighted by molar-refractivity contribution is 9.10. The Balaban J connectivity index is 2.05. The molecule has 2 aromatic rings. The van der Waals surface area contributed by atoms with Gasteiger partial charge in [0.15, 0.2) is 0 Å². The summed E-state index contributed by atoms with van der Waals surface area (Å²) in [5, 5.41) is 3.03. The maximum atomic E-state index is 13.2. The Bertz CT molecular complexity index is 529. The Morgan fingerprint density at radius 3 is 2.59 bits per heavy atom. The smallest absolute Gasteiger partial charge is 0.137 e. The van der Waals surface area contributed by atoms with Crippen LogP contribution in [0.25, 0.3) is 0 Å². The van der Waals surface area contributed by atoms with E-state index in [9.17, 15) is 8.78 Å². The Morgan fingerprint density at radius 2 is 1.88 bits per heavy atom. The summed E-state index contributed by atoms with van der Waals surface area (Å²) in [6.45, 7) is 0.452. The van der Waals surface area contributed by atoms with Crippen molar-refractivity contribution < 1.29 is 8.78 Å². The van der Waals surface area contributed by atoms with Crippen molar-refractivity contribution in [1.29, 1.82) is 0 Å². The molecule has 0 bridgehead atoms. The molecular formula is C13H10BrF2N. The van der Waals surface area contributed by atoms with Gasteiger partial charge in [-0.2, -0.15) is 0 Å². The Morgan fingerprint density at radius 1 is 1.06 bits per heavy atom. The summed E-state index contributed by atoms with van der Waals surface area (Å²) < 4.78 is 26.6. The lowest BCUT2D eigenvalue weighted by atomic mass is 10.2. The zero-order valence-corrected chi connectivity index (χ0v) is 10.5. The molecule has 0 atom stereocenters. The van der Waals surface area contributed by atoms with E-state index in [1.807, 2.05) is 0 Å². The molecule has 0 saturated carbocycles. The quantitative estimate of drug-likeness (QED) is 0.889. The highest BCUT2D eigenvalue weighted by Crippen LogP contribution is 2.17. The number of hydrogen-bond acceptors (Lipinski definition) is 1. The standard InChI is InChI=1S/C13H10BrF2N/c14-12-5-4-9(6-13(12)16)8-17-11-3-1-2-10(15)7-11/h1-7,17H,8H2. The van der Waals surface area contributed by atoms with Crippen molar-refractivity contribution in [1.82, 2.24) is 0 Å². The number of hydrogen-bond donors (Lipinski definition) is 1. The third-order valence-electron chi connectivity index (χ3n) is 2.31. The second-order valence-corrected chi connectivity index (χ2v) is 4.47. The maximum Gasteiger partial charge on any atom is 0.137 e. The van der Waals surface area contributed by atoms with Crippen molar-refractivity contribution in [3.63, 3.8) is 0 Å². The summed E-state index contributed by atoms with van der Waals surface area (Å²) in [4.78, 5) is 0. The van der Waals surface area contributed by atoms with E-state index in [0.29, 0.717) is 16.7 Å². The molecule has 0 aromatic heterocycles. The topological polar surface area (TPSA) is 12.0 Å². The van der Waals surface area contributed by atoms with Crippen LogP contribution in [0, 0.1) is 11.6 Å². The first-order valence-electron chi connectivity index (χ1n) is 5.08. The van der Waals surface area contributed by atoms with Crippen molar-refractivity contribution in [3.8, 4) is 0 Å². The molecule has 4 heteroatoms. The molecule has 88 valence electrons. The van der Waals surface area contributed by atoms with Gasteiger partial charge in [0.25, 0.3) is 0 Å². The van der Waals surface area contributed by atoms with E-state index in [-0.39, 0.29) is 11.6 Å². The van der Waals surface area contributed by atoms with Crippen LogP contribution in [0.3, 0.4) is 0 Å². The number of anilines is 1. The molecule has 0 amide bonds. The van der Waals surface area contributed by atoms with Crippen LogP contribution in [-0.2, 0) is 6.54 Å². The van der Waals surface area contributed by atoms with E-state index in [4.69, 9.17) is 0 Å². The first-order valence-corrected chi connectivity index (χ1v) is 5.88. The van der Waals surface area contributed by atoms with Crippen LogP contribution in [0.4, 0.5) is 14.5 Å². The van der Waals surface area contributed by atoms with E-state index in [1.54, 1.807) is 24.3 Å². The van der Waals surface area contributed by atoms with Gasteiger partial charge >= 0.3 is 0 Å². The molecule has 0 fully saturated rings. The van der Waals surface area contributed by atoms with Crippen LogP contribution in [0.5, 0.6) is 0 Å². The number of benzene rings is 2. The van der Waals surface area contributed by atoms with Crippen LogP contribution in [0.15, 0.2) is 46.9 Å². The van der Waals surface area contributed by atoms with Crippen LogP contribution >= 0.6 is 15.9 Å². The van der Waals surface area contributed by atoms with Crippen molar-refractivity contribution in [2.45, 2.75) is 6.54 Å². The van der Waals surface area contributed by atoms with Gasteiger partial charge in [-0.25, -0.2) is 8.78 Å². The molecule has 1 N–H and O–H groups in total. The summed E-state index contributed by atoms with van der Waals surface area (Å²) in [5.41, 5.74) is 1.48. The Kier molecular flexibility index (Phi) is 3.74. The van der Waals surface area contributed by atoms with Gasteiger partial charge in [-0.05, 0) is 51.8 Å². The summed E-state index contributed by atoms with van der Waals surface area (Å²) >= 11 is 3.09. The molecule has 0 aliphatic rings. The van der Waals surface area contributed by atoms with Crippen LogP contribution < -0.4 is 5.32 Å². The largest absolute Gasteiger partial charge is 0.381 e. The Hall–Kier alpha value is -1.42. The molecule has 2 aromatic carbocycles.